The zero-order chi connectivity index (χ0) is 21.1. The van der Waals surface area contributed by atoms with Crippen LogP contribution < -0.4 is 0 Å². The summed E-state index contributed by atoms with van der Waals surface area (Å²) in [6.45, 7) is 8.35. The van der Waals surface area contributed by atoms with Crippen molar-refractivity contribution >= 4 is 11.9 Å². The highest BCUT2D eigenvalue weighted by molar-refractivity contribution is 6.03. The Morgan fingerprint density at radius 1 is 0.786 bits per heavy atom. The number of hydrogen-bond acceptors (Lipinski definition) is 2. The number of rotatable bonds is 8. The van der Waals surface area contributed by atoms with E-state index in [1.807, 2.05) is 6.92 Å². The third-order valence-electron chi connectivity index (χ3n) is 4.86. The molecule has 0 aliphatic carbocycles. The standard InChI is InChI=1S/C16H22O4.C8H10/c1-3-5-7-11-9-10-13(15(17)18)14(16(19)20)12(11)8-6-4-2;1-7-5-3-4-6-8(7)2/h9-10H,3-8H2,1-2H3,(H,17,18)(H,19,20);3-6H,1-2H3. The molecule has 0 saturated heterocycles. The van der Waals surface area contributed by atoms with Crippen molar-refractivity contribution in [1.82, 2.24) is 0 Å². The van der Waals surface area contributed by atoms with E-state index >= 15 is 0 Å². The smallest absolute Gasteiger partial charge is 0.336 e. The molecule has 0 heterocycles. The minimum Gasteiger partial charge on any atom is -0.478 e. The highest BCUT2D eigenvalue weighted by atomic mass is 16.4. The van der Waals surface area contributed by atoms with Crippen LogP contribution in [0.15, 0.2) is 36.4 Å². The van der Waals surface area contributed by atoms with Gasteiger partial charge in [0, 0.05) is 0 Å². The summed E-state index contributed by atoms with van der Waals surface area (Å²) in [5.74, 6) is -2.32. The minimum atomic E-state index is -1.18. The predicted molar refractivity (Wildman–Crippen MR) is 114 cm³/mol. The maximum absolute atomic E-state index is 11.5. The number of aromatic carboxylic acids is 2. The van der Waals surface area contributed by atoms with Crippen molar-refractivity contribution in [3.63, 3.8) is 0 Å². The van der Waals surface area contributed by atoms with Crippen molar-refractivity contribution in [3.8, 4) is 0 Å². The lowest BCUT2D eigenvalue weighted by molar-refractivity contribution is 0.0650. The molecular weight excluding hydrogens is 352 g/mol. The largest absolute Gasteiger partial charge is 0.478 e. The van der Waals surface area contributed by atoms with Crippen LogP contribution in [0, 0.1) is 13.8 Å². The topological polar surface area (TPSA) is 74.6 Å². The average Bonchev–Trinajstić information content (AvgIpc) is 2.66. The van der Waals surface area contributed by atoms with E-state index in [2.05, 4.69) is 45.0 Å². The van der Waals surface area contributed by atoms with Crippen LogP contribution in [0.1, 0.15) is 82.5 Å². The fourth-order valence-electron chi connectivity index (χ4n) is 3.02. The first-order valence-electron chi connectivity index (χ1n) is 9.96. The van der Waals surface area contributed by atoms with Crippen molar-refractivity contribution in [1.29, 1.82) is 0 Å². The molecule has 0 radical (unpaired) electrons. The van der Waals surface area contributed by atoms with E-state index in [1.165, 1.54) is 17.2 Å². The van der Waals surface area contributed by atoms with Gasteiger partial charge in [-0.1, -0.05) is 57.0 Å². The molecule has 2 aromatic carbocycles. The number of carboxylic acids is 2. The van der Waals surface area contributed by atoms with Crippen LogP contribution in [-0.4, -0.2) is 22.2 Å². The fraction of sp³-hybridized carbons (Fsp3) is 0.417. The first kappa shape index (κ1) is 23.4. The third-order valence-corrected chi connectivity index (χ3v) is 4.86. The van der Waals surface area contributed by atoms with E-state index in [0.717, 1.165) is 37.7 Å². The molecule has 0 amide bonds. The Labute approximate surface area is 168 Å². The van der Waals surface area contributed by atoms with E-state index in [-0.39, 0.29) is 11.1 Å². The quantitative estimate of drug-likeness (QED) is 0.579. The van der Waals surface area contributed by atoms with Crippen molar-refractivity contribution in [3.05, 3.63) is 69.8 Å². The van der Waals surface area contributed by atoms with Crippen LogP contribution in [0.25, 0.3) is 0 Å². The summed E-state index contributed by atoms with van der Waals surface area (Å²) in [7, 11) is 0. The maximum Gasteiger partial charge on any atom is 0.336 e. The van der Waals surface area contributed by atoms with Gasteiger partial charge in [-0.3, -0.25) is 0 Å². The molecule has 2 rings (SSSR count). The molecule has 2 N–H and O–H groups in total. The van der Waals surface area contributed by atoms with Crippen LogP contribution in [0.2, 0.25) is 0 Å². The summed E-state index contributed by atoms with van der Waals surface area (Å²) in [4.78, 5) is 22.7. The van der Waals surface area contributed by atoms with Gasteiger partial charge in [-0.15, -0.1) is 0 Å². The highest BCUT2D eigenvalue weighted by Crippen LogP contribution is 2.24. The van der Waals surface area contributed by atoms with Gasteiger partial charge in [-0.05, 0) is 67.9 Å². The Morgan fingerprint density at radius 3 is 1.75 bits per heavy atom. The molecule has 4 heteroatoms. The molecule has 28 heavy (non-hydrogen) atoms. The van der Waals surface area contributed by atoms with Crippen LogP contribution in [0.5, 0.6) is 0 Å². The number of hydrogen-bond donors (Lipinski definition) is 2. The van der Waals surface area contributed by atoms with Crippen LogP contribution >= 0.6 is 0 Å². The Balaban J connectivity index is 0.000000406. The molecular formula is C24H32O4. The SMILES string of the molecule is CCCCc1ccc(C(=O)O)c(C(=O)O)c1CCCC.Cc1ccccc1C. The van der Waals surface area contributed by atoms with Gasteiger partial charge in [0.25, 0.3) is 0 Å². The molecule has 0 fully saturated rings. The fourth-order valence-corrected chi connectivity index (χ4v) is 3.02. The summed E-state index contributed by atoms with van der Waals surface area (Å²) >= 11 is 0. The lowest BCUT2D eigenvalue weighted by Crippen LogP contribution is -2.14. The Kier molecular flexibility index (Phi) is 10.0. The zero-order valence-corrected chi connectivity index (χ0v) is 17.4. The second kappa shape index (κ2) is 12.0. The molecule has 0 aromatic heterocycles. The molecule has 4 nitrogen and oxygen atoms in total. The van der Waals surface area contributed by atoms with Gasteiger partial charge in [0.2, 0.25) is 0 Å². The second-order valence-electron chi connectivity index (χ2n) is 7.03. The molecule has 0 spiro atoms. The lowest BCUT2D eigenvalue weighted by atomic mass is 9.90. The zero-order valence-electron chi connectivity index (χ0n) is 17.4. The summed E-state index contributed by atoms with van der Waals surface area (Å²) in [6.07, 6.45) is 5.24. The molecule has 0 unspecified atom stereocenters. The monoisotopic (exact) mass is 384 g/mol. The van der Waals surface area contributed by atoms with Crippen molar-refractivity contribution < 1.29 is 19.8 Å². The molecule has 0 aliphatic rings. The number of unbranched alkanes of at least 4 members (excludes halogenated alkanes) is 2. The number of aryl methyl sites for hydroxylation is 3. The first-order valence-corrected chi connectivity index (χ1v) is 9.96. The Hall–Kier alpha value is -2.62. The Bertz CT molecular complexity index is 772. The van der Waals surface area contributed by atoms with Crippen LogP contribution in [0.3, 0.4) is 0 Å². The summed E-state index contributed by atoms with van der Waals surface area (Å²) < 4.78 is 0. The summed E-state index contributed by atoms with van der Waals surface area (Å²) in [5.41, 5.74) is 4.28. The van der Waals surface area contributed by atoms with Gasteiger partial charge in [0.15, 0.2) is 0 Å². The van der Waals surface area contributed by atoms with Gasteiger partial charge in [-0.2, -0.15) is 0 Å². The molecule has 0 saturated carbocycles. The number of carboxylic acid groups (broad SMARTS) is 2. The van der Waals surface area contributed by atoms with Crippen molar-refractivity contribution in [2.24, 2.45) is 0 Å². The van der Waals surface area contributed by atoms with Crippen molar-refractivity contribution in [2.45, 2.75) is 66.2 Å². The normalized spacial score (nSPS) is 10.1. The highest BCUT2D eigenvalue weighted by Gasteiger charge is 2.22. The van der Waals surface area contributed by atoms with E-state index in [4.69, 9.17) is 5.11 Å². The molecule has 0 aliphatic heterocycles. The number of benzene rings is 2. The first-order chi connectivity index (χ1) is 13.3. The van der Waals surface area contributed by atoms with Gasteiger partial charge in [-0.25, -0.2) is 9.59 Å². The molecule has 152 valence electrons. The van der Waals surface area contributed by atoms with Gasteiger partial charge >= 0.3 is 11.9 Å². The van der Waals surface area contributed by atoms with Gasteiger partial charge in [0.1, 0.15) is 0 Å². The number of carbonyl (C=O) groups is 2. The van der Waals surface area contributed by atoms with E-state index < -0.39 is 11.9 Å². The van der Waals surface area contributed by atoms with Crippen LogP contribution in [-0.2, 0) is 12.8 Å². The third kappa shape index (κ3) is 6.84. The summed E-state index contributed by atoms with van der Waals surface area (Å²) in [6, 6.07) is 11.6. The van der Waals surface area contributed by atoms with Gasteiger partial charge < -0.3 is 10.2 Å². The van der Waals surface area contributed by atoms with E-state index in [0.29, 0.717) is 12.0 Å². The Morgan fingerprint density at radius 2 is 1.32 bits per heavy atom. The molecule has 0 bridgehead atoms. The predicted octanol–water partition coefficient (Wildman–Crippen LogP) is 6.07. The van der Waals surface area contributed by atoms with Gasteiger partial charge in [0.05, 0.1) is 11.1 Å². The second-order valence-corrected chi connectivity index (χ2v) is 7.03. The van der Waals surface area contributed by atoms with Crippen LogP contribution in [0.4, 0.5) is 0 Å². The van der Waals surface area contributed by atoms with E-state index in [1.54, 1.807) is 6.07 Å². The molecule has 0 atom stereocenters. The van der Waals surface area contributed by atoms with E-state index in [9.17, 15) is 14.7 Å². The minimum absolute atomic E-state index is 0.0282. The molecule has 2 aromatic rings. The lowest BCUT2D eigenvalue weighted by Gasteiger charge is -2.14. The van der Waals surface area contributed by atoms with Crippen molar-refractivity contribution in [2.75, 3.05) is 0 Å². The maximum atomic E-state index is 11.5. The summed E-state index contributed by atoms with van der Waals surface area (Å²) in [5, 5.41) is 18.5. The average molecular weight is 385 g/mol.